The maximum absolute atomic E-state index is 12.2. The fourth-order valence-electron chi connectivity index (χ4n) is 2.65. The number of aromatic nitrogens is 4. The summed E-state index contributed by atoms with van der Waals surface area (Å²) in [4.78, 5) is 16.5. The molecule has 0 saturated heterocycles. The van der Waals surface area contributed by atoms with Gasteiger partial charge in [-0.25, -0.2) is 4.68 Å². The first kappa shape index (κ1) is 19.1. The van der Waals surface area contributed by atoms with E-state index in [1.165, 1.54) is 22.9 Å². The topological polar surface area (TPSA) is 65.1 Å². The summed E-state index contributed by atoms with van der Waals surface area (Å²) in [6.07, 6.45) is 15.4. The van der Waals surface area contributed by atoms with Gasteiger partial charge in [0.05, 0.1) is 18.9 Å². The van der Waals surface area contributed by atoms with Gasteiger partial charge >= 0.3 is 0 Å². The number of aliphatic imine (C=N–C) groups is 1. The van der Waals surface area contributed by atoms with E-state index in [9.17, 15) is 4.79 Å². The van der Waals surface area contributed by atoms with Crippen LogP contribution in [0.1, 0.15) is 13.8 Å². The maximum Gasteiger partial charge on any atom is 0.214 e. The SMILES string of the molecule is CC(C)/C=C(\C=C1\C=CC=NC1)CSc1nn(-c2cnn(C)c2)ccc1=O. The van der Waals surface area contributed by atoms with Crippen LogP contribution in [0.5, 0.6) is 0 Å². The van der Waals surface area contributed by atoms with Crippen molar-refractivity contribution in [3.05, 3.63) is 70.3 Å². The van der Waals surface area contributed by atoms with Crippen LogP contribution in [0, 0.1) is 5.92 Å². The largest absolute Gasteiger partial charge is 0.288 e. The zero-order chi connectivity index (χ0) is 19.2. The zero-order valence-electron chi connectivity index (χ0n) is 15.7. The van der Waals surface area contributed by atoms with E-state index < -0.39 is 0 Å². The highest BCUT2D eigenvalue weighted by atomic mass is 32.2. The van der Waals surface area contributed by atoms with Crippen LogP contribution in [0.2, 0.25) is 0 Å². The molecule has 1 aliphatic heterocycles. The predicted octanol–water partition coefficient (Wildman–Crippen LogP) is 3.21. The van der Waals surface area contributed by atoms with E-state index in [-0.39, 0.29) is 5.43 Å². The Balaban J connectivity index is 1.79. The van der Waals surface area contributed by atoms with Gasteiger partial charge in [-0.2, -0.15) is 10.2 Å². The van der Waals surface area contributed by atoms with Gasteiger partial charge in [-0.1, -0.05) is 43.8 Å². The highest BCUT2D eigenvalue weighted by molar-refractivity contribution is 7.99. The first-order valence-electron chi connectivity index (χ1n) is 8.81. The van der Waals surface area contributed by atoms with Crippen molar-refractivity contribution >= 4 is 18.0 Å². The first-order valence-corrected chi connectivity index (χ1v) is 9.79. The number of dihydropyridines is 1. The van der Waals surface area contributed by atoms with Gasteiger partial charge in [0.1, 0.15) is 5.69 Å². The van der Waals surface area contributed by atoms with Crippen LogP contribution in [-0.2, 0) is 7.05 Å². The molecule has 6 nitrogen and oxygen atoms in total. The van der Waals surface area contributed by atoms with E-state index in [0.29, 0.717) is 23.2 Å². The Morgan fingerprint density at radius 1 is 1.41 bits per heavy atom. The summed E-state index contributed by atoms with van der Waals surface area (Å²) in [5, 5.41) is 9.11. The molecule has 0 amide bonds. The summed E-state index contributed by atoms with van der Waals surface area (Å²) >= 11 is 1.45. The molecule has 3 rings (SSSR count). The molecule has 0 radical (unpaired) electrons. The lowest BCUT2D eigenvalue weighted by Gasteiger charge is -2.09. The summed E-state index contributed by atoms with van der Waals surface area (Å²) in [5.41, 5.74) is 3.09. The standard InChI is InChI=1S/C20H23N5OS/c1-15(2)9-17(10-16-5-4-7-21-11-16)14-27-20-19(26)6-8-25(23-20)18-12-22-24(3)13-18/h4-10,12-13,15H,11,14H2,1-3H3/b16-10-,17-9+. The fourth-order valence-corrected chi connectivity index (χ4v) is 3.49. The van der Waals surface area contributed by atoms with Crippen LogP contribution in [-0.4, -0.2) is 38.1 Å². The lowest BCUT2D eigenvalue weighted by Crippen LogP contribution is -2.12. The van der Waals surface area contributed by atoms with E-state index in [1.807, 2.05) is 25.5 Å². The number of aryl methyl sites for hydroxylation is 1. The molecule has 2 aromatic heterocycles. The molecule has 0 spiro atoms. The number of rotatable bonds is 6. The predicted molar refractivity (Wildman–Crippen MR) is 111 cm³/mol. The molecule has 3 heterocycles. The van der Waals surface area contributed by atoms with E-state index in [1.54, 1.807) is 27.8 Å². The van der Waals surface area contributed by atoms with Crippen molar-refractivity contribution in [2.75, 3.05) is 12.3 Å². The molecule has 0 aromatic carbocycles. The second-order valence-corrected chi connectivity index (χ2v) is 7.61. The Labute approximate surface area is 163 Å². The summed E-state index contributed by atoms with van der Waals surface area (Å²) in [6.45, 7) is 4.98. The molecule has 0 N–H and O–H groups in total. The molecule has 27 heavy (non-hydrogen) atoms. The minimum atomic E-state index is -0.0705. The minimum Gasteiger partial charge on any atom is -0.288 e. The van der Waals surface area contributed by atoms with E-state index in [0.717, 1.165) is 5.69 Å². The van der Waals surface area contributed by atoms with Gasteiger partial charge in [-0.3, -0.25) is 14.5 Å². The van der Waals surface area contributed by atoms with E-state index in [4.69, 9.17) is 0 Å². The fraction of sp³-hybridized carbons (Fsp3) is 0.300. The molecule has 7 heteroatoms. The lowest BCUT2D eigenvalue weighted by atomic mass is 10.1. The third-order valence-corrected chi connectivity index (χ3v) is 4.84. The van der Waals surface area contributed by atoms with Crippen molar-refractivity contribution in [1.82, 2.24) is 19.6 Å². The maximum atomic E-state index is 12.2. The number of hydrogen-bond acceptors (Lipinski definition) is 5. The van der Waals surface area contributed by atoms with Crippen LogP contribution < -0.4 is 5.43 Å². The number of thioether (sulfide) groups is 1. The number of allylic oxidation sites excluding steroid dienone is 3. The van der Waals surface area contributed by atoms with Crippen LogP contribution in [0.4, 0.5) is 0 Å². The molecule has 0 fully saturated rings. The second kappa shape index (κ2) is 8.81. The van der Waals surface area contributed by atoms with Gasteiger partial charge < -0.3 is 0 Å². The van der Waals surface area contributed by atoms with Crippen LogP contribution in [0.3, 0.4) is 0 Å². The average molecular weight is 382 g/mol. The van der Waals surface area contributed by atoms with Gasteiger partial charge in [-0.05, 0) is 23.1 Å². The lowest BCUT2D eigenvalue weighted by molar-refractivity contribution is 0.756. The summed E-state index contributed by atoms with van der Waals surface area (Å²) in [5.74, 6) is 1.10. The van der Waals surface area contributed by atoms with Gasteiger partial charge in [0.15, 0.2) is 5.03 Å². The molecule has 0 aliphatic carbocycles. The summed E-state index contributed by atoms with van der Waals surface area (Å²) < 4.78 is 3.39. The molecule has 2 aromatic rings. The number of hydrogen-bond donors (Lipinski definition) is 0. The Kier molecular flexibility index (Phi) is 6.24. The molecule has 0 saturated carbocycles. The molecule has 0 unspecified atom stereocenters. The average Bonchev–Trinajstić information content (AvgIpc) is 3.07. The Bertz CT molecular complexity index is 978. The van der Waals surface area contributed by atoms with Crippen molar-refractivity contribution in [3.63, 3.8) is 0 Å². The molecule has 0 atom stereocenters. The van der Waals surface area contributed by atoms with Crippen LogP contribution in [0.15, 0.2) is 74.9 Å². The molecule has 140 valence electrons. The van der Waals surface area contributed by atoms with Crippen molar-refractivity contribution < 1.29 is 0 Å². The minimum absolute atomic E-state index is 0.0705. The normalized spacial score (nSPS) is 15.9. The third-order valence-electron chi connectivity index (χ3n) is 3.80. The quantitative estimate of drug-likeness (QED) is 0.721. The van der Waals surface area contributed by atoms with Crippen molar-refractivity contribution in [2.24, 2.45) is 18.0 Å². The van der Waals surface area contributed by atoms with Gasteiger partial charge in [0.2, 0.25) is 5.43 Å². The Morgan fingerprint density at radius 3 is 2.93 bits per heavy atom. The van der Waals surface area contributed by atoms with Crippen LogP contribution >= 0.6 is 11.8 Å². The van der Waals surface area contributed by atoms with Gasteiger partial charge in [-0.15, -0.1) is 0 Å². The Morgan fingerprint density at radius 2 is 2.26 bits per heavy atom. The van der Waals surface area contributed by atoms with Gasteiger partial charge in [0.25, 0.3) is 0 Å². The van der Waals surface area contributed by atoms with Crippen molar-refractivity contribution in [1.29, 1.82) is 0 Å². The molecule has 1 aliphatic rings. The third kappa shape index (κ3) is 5.40. The van der Waals surface area contributed by atoms with E-state index >= 15 is 0 Å². The summed E-state index contributed by atoms with van der Waals surface area (Å²) in [6, 6.07) is 1.55. The number of nitrogens with zero attached hydrogens (tertiary/aromatic N) is 5. The highest BCUT2D eigenvalue weighted by Crippen LogP contribution is 2.20. The molecule has 0 bridgehead atoms. The smallest absolute Gasteiger partial charge is 0.214 e. The van der Waals surface area contributed by atoms with Gasteiger partial charge in [0, 0.05) is 31.3 Å². The monoisotopic (exact) mass is 381 g/mol. The Hall–Kier alpha value is -2.67. The summed E-state index contributed by atoms with van der Waals surface area (Å²) in [7, 11) is 1.85. The highest BCUT2D eigenvalue weighted by Gasteiger charge is 2.08. The van der Waals surface area contributed by atoms with Crippen molar-refractivity contribution in [2.45, 2.75) is 18.9 Å². The van der Waals surface area contributed by atoms with Crippen molar-refractivity contribution in [3.8, 4) is 5.69 Å². The van der Waals surface area contributed by atoms with Crippen LogP contribution in [0.25, 0.3) is 5.69 Å². The second-order valence-electron chi connectivity index (χ2n) is 6.64. The first-order chi connectivity index (χ1) is 13.0. The molecular formula is C20H23N5OS. The zero-order valence-corrected chi connectivity index (χ0v) is 16.6. The van der Waals surface area contributed by atoms with E-state index in [2.05, 4.69) is 47.3 Å². The molecular weight excluding hydrogens is 358 g/mol.